The number of halogens is 4. The lowest BCUT2D eigenvalue weighted by Gasteiger charge is -2.43. The number of rotatable bonds is 9. The van der Waals surface area contributed by atoms with Crippen LogP contribution in [0.15, 0.2) is 46.2 Å². The molecule has 1 saturated heterocycles. The van der Waals surface area contributed by atoms with Gasteiger partial charge in [0.25, 0.3) is 0 Å². The SMILES string of the molecule is O=P(O)(O)OCOC1[C@@H](Sc2cncc(Br)c2)OC(CO)[C@H](O)[C@@H]1n1cc(-c2cc(F)c(Cl)c(F)c2)nn1. The highest BCUT2D eigenvalue weighted by atomic mass is 79.9. The number of phosphoric ester groups is 1. The largest absolute Gasteiger partial charge is 0.471 e. The lowest BCUT2D eigenvalue weighted by Crippen LogP contribution is -2.56. The van der Waals surface area contributed by atoms with E-state index in [0.29, 0.717) is 9.37 Å². The zero-order valence-corrected chi connectivity index (χ0v) is 22.9. The average molecular weight is 660 g/mol. The number of ether oxygens (including phenoxy) is 2. The number of aromatic nitrogens is 4. The first-order valence-electron chi connectivity index (χ1n) is 10.6. The van der Waals surface area contributed by atoms with E-state index in [1.54, 1.807) is 12.3 Å². The second-order valence-electron chi connectivity index (χ2n) is 7.87. The molecule has 1 aliphatic heterocycles. The predicted molar refractivity (Wildman–Crippen MR) is 132 cm³/mol. The molecule has 0 radical (unpaired) electrons. The number of pyridine rings is 1. The Balaban J connectivity index is 1.71. The maximum Gasteiger partial charge on any atom is 0.471 e. The molecule has 38 heavy (non-hydrogen) atoms. The molecule has 0 aliphatic carbocycles. The monoisotopic (exact) mass is 658 g/mol. The number of thioether (sulfide) groups is 1. The van der Waals surface area contributed by atoms with Crippen molar-refractivity contribution in [3.8, 4) is 11.3 Å². The van der Waals surface area contributed by atoms with Crippen molar-refractivity contribution < 1.29 is 47.3 Å². The summed E-state index contributed by atoms with van der Waals surface area (Å²) >= 11 is 9.95. The lowest BCUT2D eigenvalue weighted by molar-refractivity contribution is -0.207. The molecule has 1 aromatic carbocycles. The Morgan fingerprint density at radius 2 is 1.95 bits per heavy atom. The summed E-state index contributed by atoms with van der Waals surface area (Å²) in [6, 6.07) is 2.46. The number of phosphoric acid groups is 1. The topological polar surface area (TPSA) is 169 Å². The average Bonchev–Trinajstić information content (AvgIpc) is 3.33. The van der Waals surface area contributed by atoms with Crippen molar-refractivity contribution in [2.24, 2.45) is 0 Å². The van der Waals surface area contributed by atoms with Crippen molar-refractivity contribution in [1.29, 1.82) is 0 Å². The van der Waals surface area contributed by atoms with Crippen molar-refractivity contribution >= 4 is 47.1 Å². The van der Waals surface area contributed by atoms with Gasteiger partial charge in [0.15, 0.2) is 6.79 Å². The second kappa shape index (κ2) is 12.3. The molecule has 4 N–H and O–H groups in total. The molecule has 2 unspecified atom stereocenters. The van der Waals surface area contributed by atoms with Gasteiger partial charge in [-0.2, -0.15) is 0 Å². The summed E-state index contributed by atoms with van der Waals surface area (Å²) in [4.78, 5) is 22.8. The van der Waals surface area contributed by atoms with E-state index in [4.69, 9.17) is 30.9 Å². The third-order valence-electron chi connectivity index (χ3n) is 5.33. The molecule has 2 aromatic heterocycles. The molecule has 0 saturated carbocycles. The maximum atomic E-state index is 14.0. The predicted octanol–water partition coefficient (Wildman–Crippen LogP) is 2.90. The highest BCUT2D eigenvalue weighted by Gasteiger charge is 2.48. The van der Waals surface area contributed by atoms with Gasteiger partial charge in [-0.3, -0.25) is 9.51 Å². The first kappa shape index (κ1) is 29.4. The number of aliphatic hydroxyl groups is 2. The first-order valence-corrected chi connectivity index (χ1v) is 14.1. The van der Waals surface area contributed by atoms with Crippen LogP contribution in [0.5, 0.6) is 0 Å². The molecule has 206 valence electrons. The number of hydrogen-bond acceptors (Lipinski definition) is 10. The molecule has 3 aromatic rings. The normalized spacial score (nSPS) is 24.1. The van der Waals surface area contributed by atoms with Gasteiger partial charge in [0, 0.05) is 27.3 Å². The Bertz CT molecular complexity index is 1320. The van der Waals surface area contributed by atoms with Gasteiger partial charge in [-0.05, 0) is 34.1 Å². The van der Waals surface area contributed by atoms with Crippen LogP contribution in [0.2, 0.25) is 5.02 Å². The van der Waals surface area contributed by atoms with Crippen molar-refractivity contribution in [2.75, 3.05) is 13.4 Å². The summed E-state index contributed by atoms with van der Waals surface area (Å²) in [6.07, 6.45) is 0.544. The maximum absolute atomic E-state index is 14.0. The molecule has 3 heterocycles. The van der Waals surface area contributed by atoms with Gasteiger partial charge < -0.3 is 29.5 Å². The van der Waals surface area contributed by atoms with Crippen LogP contribution in [0.3, 0.4) is 0 Å². The summed E-state index contributed by atoms with van der Waals surface area (Å²) < 4.78 is 56.9. The van der Waals surface area contributed by atoms with Gasteiger partial charge in [0.1, 0.15) is 52.1 Å². The van der Waals surface area contributed by atoms with E-state index in [9.17, 15) is 23.6 Å². The van der Waals surface area contributed by atoms with Gasteiger partial charge in [-0.25, -0.2) is 18.0 Å². The highest BCUT2D eigenvalue weighted by Crippen LogP contribution is 2.41. The summed E-state index contributed by atoms with van der Waals surface area (Å²) in [6.45, 7) is -1.50. The number of benzene rings is 1. The van der Waals surface area contributed by atoms with Crippen molar-refractivity contribution in [3.63, 3.8) is 0 Å². The minimum atomic E-state index is -4.91. The van der Waals surface area contributed by atoms with Gasteiger partial charge in [-0.15, -0.1) is 5.10 Å². The molecule has 0 spiro atoms. The van der Waals surface area contributed by atoms with Crippen LogP contribution < -0.4 is 0 Å². The Labute approximate surface area is 231 Å². The molecule has 5 atom stereocenters. The molecule has 12 nitrogen and oxygen atoms in total. The summed E-state index contributed by atoms with van der Waals surface area (Å²) in [7, 11) is -4.91. The molecular weight excluding hydrogens is 641 g/mol. The summed E-state index contributed by atoms with van der Waals surface area (Å²) in [5, 5.41) is 28.1. The number of hydrogen-bond donors (Lipinski definition) is 4. The van der Waals surface area contributed by atoms with Crippen LogP contribution >= 0.6 is 47.1 Å². The van der Waals surface area contributed by atoms with E-state index in [1.807, 2.05) is 0 Å². The highest BCUT2D eigenvalue weighted by molar-refractivity contribution is 9.10. The van der Waals surface area contributed by atoms with E-state index in [0.717, 1.165) is 28.6 Å². The second-order valence-corrected chi connectivity index (χ2v) is 11.6. The fraction of sp³-hybridized carbons (Fsp3) is 0.350. The lowest BCUT2D eigenvalue weighted by atomic mass is 9.97. The Hall–Kier alpha value is -1.56. The third-order valence-corrected chi connectivity index (χ3v) is 7.68. The Morgan fingerprint density at radius 3 is 2.58 bits per heavy atom. The fourth-order valence-corrected chi connectivity index (χ4v) is 5.64. The van der Waals surface area contributed by atoms with Crippen LogP contribution in [0.4, 0.5) is 8.78 Å². The molecule has 18 heteroatoms. The van der Waals surface area contributed by atoms with Gasteiger partial charge >= 0.3 is 7.82 Å². The smallest absolute Gasteiger partial charge is 0.394 e. The van der Waals surface area contributed by atoms with Crippen molar-refractivity contribution in [1.82, 2.24) is 20.0 Å². The van der Waals surface area contributed by atoms with E-state index in [-0.39, 0.29) is 11.3 Å². The zero-order valence-electron chi connectivity index (χ0n) is 18.8. The number of aliphatic hydroxyl groups excluding tert-OH is 2. The van der Waals surface area contributed by atoms with Crippen LogP contribution in [0.1, 0.15) is 6.04 Å². The molecule has 4 rings (SSSR count). The zero-order chi connectivity index (χ0) is 27.6. The van der Waals surface area contributed by atoms with Crippen LogP contribution in [-0.2, 0) is 18.6 Å². The Kier molecular flexibility index (Phi) is 9.53. The Morgan fingerprint density at radius 1 is 1.24 bits per heavy atom. The molecule has 0 amide bonds. The molecule has 0 bridgehead atoms. The molecule has 1 aliphatic rings. The van der Waals surface area contributed by atoms with E-state index < -0.39 is 67.7 Å². The standard InChI is InChI=1S/C20H19BrClF2N4O8PS/c21-10-3-11(5-25-4-10)38-20-19(34-8-35-37(31,32)33)17(18(30)15(7-29)36-20)28-6-14(26-27-28)9-1-12(23)16(22)13(24)2-9/h1-6,15,17-20,29-30H,7-8H2,(H2,31,32,33)/t15?,17-,18-,19?,20+/m0/s1. The molecule has 1 fully saturated rings. The van der Waals surface area contributed by atoms with E-state index >= 15 is 0 Å². The summed E-state index contributed by atoms with van der Waals surface area (Å²) in [5.41, 5.74) is -0.969. The summed E-state index contributed by atoms with van der Waals surface area (Å²) in [5.74, 6) is -2.03. The van der Waals surface area contributed by atoms with Crippen molar-refractivity contribution in [3.05, 3.63) is 57.9 Å². The fourth-order valence-electron chi connectivity index (χ4n) is 3.66. The molecular formula is C20H19BrClF2N4O8PS. The minimum absolute atomic E-state index is 0.00402. The van der Waals surface area contributed by atoms with Gasteiger partial charge in [0.2, 0.25) is 0 Å². The van der Waals surface area contributed by atoms with Crippen LogP contribution in [-0.4, -0.2) is 77.1 Å². The van der Waals surface area contributed by atoms with E-state index in [2.05, 4.69) is 35.7 Å². The van der Waals surface area contributed by atoms with E-state index in [1.165, 1.54) is 12.4 Å². The quantitative estimate of drug-likeness (QED) is 0.151. The van der Waals surface area contributed by atoms with Crippen LogP contribution in [0, 0.1) is 11.6 Å². The third kappa shape index (κ3) is 6.95. The van der Waals surface area contributed by atoms with Gasteiger partial charge in [0.05, 0.1) is 12.8 Å². The van der Waals surface area contributed by atoms with Crippen LogP contribution in [0.25, 0.3) is 11.3 Å². The number of nitrogens with zero attached hydrogens (tertiary/aromatic N) is 4. The van der Waals surface area contributed by atoms with Crippen molar-refractivity contribution in [2.45, 2.75) is 34.7 Å². The van der Waals surface area contributed by atoms with Gasteiger partial charge in [-0.1, -0.05) is 28.6 Å². The minimum Gasteiger partial charge on any atom is -0.394 e. The first-order chi connectivity index (χ1) is 18.0.